The summed E-state index contributed by atoms with van der Waals surface area (Å²) in [5.74, 6) is -0.246. The number of hydrogen-bond donors (Lipinski definition) is 1. The maximum absolute atomic E-state index is 12.9. The molecule has 0 saturated heterocycles. The molecule has 20 heavy (non-hydrogen) atoms. The fourth-order valence-electron chi connectivity index (χ4n) is 1.61. The third-order valence-corrected chi connectivity index (χ3v) is 2.60. The molecule has 7 heteroatoms. The van der Waals surface area contributed by atoms with Gasteiger partial charge in [-0.3, -0.25) is 0 Å². The van der Waals surface area contributed by atoms with Crippen molar-refractivity contribution in [3.8, 4) is 5.75 Å². The fraction of sp³-hybridized carbons (Fsp3) is 0.231. The van der Waals surface area contributed by atoms with E-state index < -0.39 is 11.7 Å². The first-order chi connectivity index (χ1) is 9.50. The zero-order chi connectivity index (χ0) is 14.6. The maximum Gasteiger partial charge on any atom is 0.419 e. The Morgan fingerprint density at radius 2 is 1.80 bits per heavy atom. The van der Waals surface area contributed by atoms with E-state index in [4.69, 9.17) is 10.5 Å². The Morgan fingerprint density at radius 3 is 2.40 bits per heavy atom. The molecule has 0 saturated carbocycles. The lowest BCUT2D eigenvalue weighted by Crippen LogP contribution is -2.10. The molecule has 0 aliphatic carbocycles. The van der Waals surface area contributed by atoms with Crippen molar-refractivity contribution in [2.45, 2.75) is 19.3 Å². The van der Waals surface area contributed by atoms with E-state index in [0.29, 0.717) is 11.1 Å². The molecule has 106 valence electrons. The second-order valence-electron chi connectivity index (χ2n) is 4.07. The monoisotopic (exact) mass is 283 g/mol. The van der Waals surface area contributed by atoms with Crippen LogP contribution in [-0.2, 0) is 19.3 Å². The lowest BCUT2D eigenvalue weighted by Gasteiger charge is -2.15. The molecule has 0 radical (unpaired) electrons. The van der Waals surface area contributed by atoms with E-state index in [1.165, 1.54) is 30.9 Å². The van der Waals surface area contributed by atoms with Gasteiger partial charge in [0, 0.05) is 24.5 Å². The van der Waals surface area contributed by atoms with Crippen LogP contribution in [0.15, 0.2) is 36.9 Å². The molecule has 0 spiro atoms. The number of halogens is 3. The van der Waals surface area contributed by atoms with Crippen molar-refractivity contribution in [3.63, 3.8) is 0 Å². The van der Waals surface area contributed by atoms with Gasteiger partial charge in [0.25, 0.3) is 0 Å². The highest BCUT2D eigenvalue weighted by molar-refractivity contribution is 5.39. The molecule has 0 amide bonds. The Balaban J connectivity index is 2.24. The summed E-state index contributed by atoms with van der Waals surface area (Å²) < 4.78 is 43.9. The Bertz CT molecular complexity index is 573. The van der Waals surface area contributed by atoms with Crippen LogP contribution in [-0.4, -0.2) is 9.97 Å². The minimum atomic E-state index is -4.48. The first-order valence-corrected chi connectivity index (χ1v) is 5.77. The Hall–Kier alpha value is -2.15. The largest absolute Gasteiger partial charge is 0.488 e. The predicted octanol–water partition coefficient (Wildman–Crippen LogP) is 2.53. The van der Waals surface area contributed by atoms with E-state index in [1.807, 2.05) is 0 Å². The van der Waals surface area contributed by atoms with E-state index in [-0.39, 0.29) is 18.9 Å². The van der Waals surface area contributed by atoms with Crippen LogP contribution in [0.1, 0.15) is 16.7 Å². The van der Waals surface area contributed by atoms with Crippen molar-refractivity contribution in [1.82, 2.24) is 9.97 Å². The zero-order valence-electron chi connectivity index (χ0n) is 10.4. The number of rotatable bonds is 4. The smallest absolute Gasteiger partial charge is 0.419 e. The molecule has 1 aromatic carbocycles. The minimum Gasteiger partial charge on any atom is -0.488 e. The van der Waals surface area contributed by atoms with E-state index in [9.17, 15) is 13.2 Å². The second-order valence-corrected chi connectivity index (χ2v) is 4.07. The molecule has 4 nitrogen and oxygen atoms in total. The lowest BCUT2D eigenvalue weighted by molar-refractivity contribution is -0.139. The van der Waals surface area contributed by atoms with Crippen molar-refractivity contribution in [3.05, 3.63) is 53.6 Å². The summed E-state index contributed by atoms with van der Waals surface area (Å²) in [4.78, 5) is 7.54. The molecule has 2 rings (SSSR count). The van der Waals surface area contributed by atoms with Crippen LogP contribution in [0.3, 0.4) is 0 Å². The van der Waals surface area contributed by atoms with Crippen molar-refractivity contribution in [2.24, 2.45) is 5.73 Å². The van der Waals surface area contributed by atoms with E-state index in [2.05, 4.69) is 9.97 Å². The van der Waals surface area contributed by atoms with Gasteiger partial charge in [-0.15, -0.1) is 0 Å². The number of aromatic nitrogens is 2. The van der Waals surface area contributed by atoms with Gasteiger partial charge in [-0.25, -0.2) is 9.97 Å². The average Bonchev–Trinajstić information content (AvgIpc) is 2.45. The van der Waals surface area contributed by atoms with Crippen molar-refractivity contribution < 1.29 is 17.9 Å². The van der Waals surface area contributed by atoms with Crippen LogP contribution >= 0.6 is 0 Å². The Kier molecular flexibility index (Phi) is 4.19. The molecule has 0 atom stereocenters. The van der Waals surface area contributed by atoms with Crippen LogP contribution in [0.2, 0.25) is 0 Å². The normalized spacial score (nSPS) is 11.4. The molecule has 0 fully saturated rings. The molecule has 1 heterocycles. The Labute approximate surface area is 113 Å². The first-order valence-electron chi connectivity index (χ1n) is 5.77. The van der Waals surface area contributed by atoms with Crippen molar-refractivity contribution in [1.29, 1.82) is 0 Å². The summed E-state index contributed by atoms with van der Waals surface area (Å²) in [6.07, 6.45) is -0.185. The van der Waals surface area contributed by atoms with Crippen LogP contribution in [0.5, 0.6) is 5.75 Å². The molecule has 0 aliphatic heterocycles. The van der Waals surface area contributed by atoms with E-state index in [0.717, 1.165) is 6.07 Å². The maximum atomic E-state index is 12.9. The molecule has 1 aromatic heterocycles. The van der Waals surface area contributed by atoms with Gasteiger partial charge < -0.3 is 10.5 Å². The highest BCUT2D eigenvalue weighted by Crippen LogP contribution is 2.37. The summed E-state index contributed by atoms with van der Waals surface area (Å²) in [5.41, 5.74) is 5.75. The first kappa shape index (κ1) is 14.3. The topological polar surface area (TPSA) is 61.0 Å². The average molecular weight is 283 g/mol. The fourth-order valence-corrected chi connectivity index (χ4v) is 1.61. The van der Waals surface area contributed by atoms with Gasteiger partial charge in [-0.1, -0.05) is 6.07 Å². The van der Waals surface area contributed by atoms with Gasteiger partial charge in [-0.05, 0) is 17.7 Å². The Morgan fingerprint density at radius 1 is 1.10 bits per heavy atom. The summed E-state index contributed by atoms with van der Waals surface area (Å²) in [7, 11) is 0. The van der Waals surface area contributed by atoms with Gasteiger partial charge >= 0.3 is 6.18 Å². The molecule has 2 N–H and O–H groups in total. The zero-order valence-corrected chi connectivity index (χ0v) is 10.4. The summed E-state index contributed by atoms with van der Waals surface area (Å²) in [6.45, 7) is 0.0981. The molecule has 2 aromatic rings. The number of nitrogens with zero attached hydrogens (tertiary/aromatic N) is 2. The minimum absolute atomic E-state index is 0.0437. The molecular weight excluding hydrogens is 271 g/mol. The SMILES string of the molecule is NCc1ccc(C(F)(F)F)c(OCc2cncnc2)c1. The van der Waals surface area contributed by atoms with E-state index >= 15 is 0 Å². The van der Waals surface area contributed by atoms with Crippen molar-refractivity contribution >= 4 is 0 Å². The second kappa shape index (κ2) is 5.87. The number of nitrogens with two attached hydrogens (primary N) is 1. The van der Waals surface area contributed by atoms with Gasteiger partial charge in [0.15, 0.2) is 0 Å². The standard InChI is InChI=1S/C13H12F3N3O/c14-13(15,16)11-2-1-9(4-17)3-12(11)20-7-10-5-18-8-19-6-10/h1-3,5-6,8H,4,7,17H2. The quantitative estimate of drug-likeness (QED) is 0.936. The number of ether oxygens (including phenoxy) is 1. The highest BCUT2D eigenvalue weighted by atomic mass is 19.4. The third-order valence-electron chi connectivity index (χ3n) is 2.60. The summed E-state index contributed by atoms with van der Waals surface area (Å²) in [6, 6.07) is 3.60. The van der Waals surface area contributed by atoms with Crippen LogP contribution < -0.4 is 10.5 Å². The molecule has 0 bridgehead atoms. The number of hydrogen-bond acceptors (Lipinski definition) is 4. The summed E-state index contributed by atoms with van der Waals surface area (Å²) >= 11 is 0. The molecular formula is C13H12F3N3O. The van der Waals surface area contributed by atoms with Crippen LogP contribution in [0.25, 0.3) is 0 Å². The van der Waals surface area contributed by atoms with Gasteiger partial charge in [-0.2, -0.15) is 13.2 Å². The van der Waals surface area contributed by atoms with Gasteiger partial charge in [0.1, 0.15) is 18.7 Å². The van der Waals surface area contributed by atoms with Crippen molar-refractivity contribution in [2.75, 3.05) is 0 Å². The lowest BCUT2D eigenvalue weighted by atomic mass is 10.1. The summed E-state index contributed by atoms with van der Waals surface area (Å²) in [5, 5.41) is 0. The third kappa shape index (κ3) is 3.45. The highest BCUT2D eigenvalue weighted by Gasteiger charge is 2.34. The van der Waals surface area contributed by atoms with Crippen LogP contribution in [0, 0.1) is 0 Å². The number of alkyl halides is 3. The number of benzene rings is 1. The molecule has 0 aliphatic rings. The molecule has 0 unspecified atom stereocenters. The van der Waals surface area contributed by atoms with Gasteiger partial charge in [0.05, 0.1) is 5.56 Å². The van der Waals surface area contributed by atoms with Crippen LogP contribution in [0.4, 0.5) is 13.2 Å². The van der Waals surface area contributed by atoms with Gasteiger partial charge in [0.2, 0.25) is 0 Å². The predicted molar refractivity (Wildman–Crippen MR) is 65.7 cm³/mol. The van der Waals surface area contributed by atoms with E-state index in [1.54, 1.807) is 0 Å².